The van der Waals surface area contributed by atoms with Gasteiger partial charge in [-0.25, -0.2) is 9.97 Å². The number of H-pyrrole nitrogens is 2. The molecule has 2 rings (SSSR count). The van der Waals surface area contributed by atoms with Gasteiger partial charge in [-0.3, -0.25) is 0 Å². The van der Waals surface area contributed by atoms with Crippen molar-refractivity contribution in [3.8, 4) is 0 Å². The second kappa shape index (κ2) is 1.88. The van der Waals surface area contributed by atoms with Crippen LogP contribution in [0.3, 0.4) is 0 Å². The predicted molar refractivity (Wildman–Crippen MR) is 39.1 cm³/mol. The lowest BCUT2D eigenvalue weighted by Gasteiger charge is -1.80. The first-order valence-electron chi connectivity index (χ1n) is 2.75. The van der Waals surface area contributed by atoms with Gasteiger partial charge < -0.3 is 9.97 Å². The van der Waals surface area contributed by atoms with E-state index in [1.807, 2.05) is 0 Å². The molecule has 0 spiro atoms. The average molecular weight is 152 g/mol. The molecule has 2 aromatic heterocycles. The maximum atomic E-state index is 4.82. The van der Waals surface area contributed by atoms with Gasteiger partial charge in [0.2, 0.25) is 0 Å². The molecule has 0 bridgehead atoms. The Balaban J connectivity index is 3.01. The summed E-state index contributed by atoms with van der Waals surface area (Å²) < 4.78 is 0.557. The van der Waals surface area contributed by atoms with Crippen LogP contribution in [0.4, 0.5) is 0 Å². The highest BCUT2D eigenvalue weighted by molar-refractivity contribution is 7.71. The summed E-state index contributed by atoms with van der Waals surface area (Å²) in [6.45, 7) is 0. The van der Waals surface area contributed by atoms with Gasteiger partial charge in [0.1, 0.15) is 0 Å². The molecule has 0 saturated carbocycles. The van der Waals surface area contributed by atoms with E-state index in [2.05, 4.69) is 19.9 Å². The van der Waals surface area contributed by atoms with E-state index >= 15 is 0 Å². The quantitative estimate of drug-likeness (QED) is 0.554. The van der Waals surface area contributed by atoms with Gasteiger partial charge >= 0.3 is 0 Å². The Bertz CT molecular complexity index is 365. The number of nitrogens with zero attached hydrogens (tertiary/aromatic N) is 2. The van der Waals surface area contributed by atoms with E-state index in [0.717, 1.165) is 0 Å². The van der Waals surface area contributed by atoms with E-state index in [1.165, 1.54) is 0 Å². The van der Waals surface area contributed by atoms with Gasteiger partial charge in [-0.2, -0.15) is 0 Å². The molecule has 50 valence electrons. The highest BCUT2D eigenvalue weighted by Gasteiger charge is 1.93. The van der Waals surface area contributed by atoms with Crippen molar-refractivity contribution < 1.29 is 0 Å². The molecule has 2 heterocycles. The molecule has 2 N–H and O–H groups in total. The summed E-state index contributed by atoms with van der Waals surface area (Å²) in [6, 6.07) is 0. The monoisotopic (exact) mass is 152 g/mol. The Kier molecular flexibility index (Phi) is 1.04. The Hall–Kier alpha value is -1.23. The zero-order valence-corrected chi connectivity index (χ0v) is 5.77. The summed E-state index contributed by atoms with van der Waals surface area (Å²) in [5, 5.41) is 0. The number of aromatic nitrogens is 4. The van der Waals surface area contributed by atoms with Crippen LogP contribution in [0.5, 0.6) is 0 Å². The van der Waals surface area contributed by atoms with Gasteiger partial charge in [0.05, 0.1) is 0 Å². The van der Waals surface area contributed by atoms with Crippen molar-refractivity contribution in [1.82, 2.24) is 19.9 Å². The summed E-state index contributed by atoms with van der Waals surface area (Å²) in [4.78, 5) is 13.7. The van der Waals surface area contributed by atoms with Crippen molar-refractivity contribution in [3.63, 3.8) is 0 Å². The Morgan fingerprint density at radius 1 is 1.10 bits per heavy atom. The maximum absolute atomic E-state index is 4.82. The summed E-state index contributed by atoms with van der Waals surface area (Å²) in [7, 11) is 0. The topological polar surface area (TPSA) is 57.4 Å². The van der Waals surface area contributed by atoms with Gasteiger partial charge in [-0.15, -0.1) is 0 Å². The van der Waals surface area contributed by atoms with Crippen LogP contribution >= 0.6 is 12.2 Å². The third kappa shape index (κ3) is 0.714. The zero-order chi connectivity index (χ0) is 6.97. The third-order valence-electron chi connectivity index (χ3n) is 1.16. The first-order chi connectivity index (χ1) is 4.86. The molecule has 0 amide bonds. The molecule has 0 saturated heterocycles. The summed E-state index contributed by atoms with van der Waals surface area (Å²) in [5.41, 5.74) is 1.40. The minimum atomic E-state index is 0.557. The molecule has 0 aliphatic carbocycles. The van der Waals surface area contributed by atoms with Gasteiger partial charge in [-0.05, 0) is 12.2 Å². The lowest BCUT2D eigenvalue weighted by Crippen LogP contribution is -1.77. The largest absolute Gasteiger partial charge is 0.314 e. The zero-order valence-electron chi connectivity index (χ0n) is 4.96. The van der Waals surface area contributed by atoms with E-state index in [4.69, 9.17) is 12.2 Å². The number of nitrogens with one attached hydrogen (secondary N) is 2. The van der Waals surface area contributed by atoms with Crippen LogP contribution in [0.1, 0.15) is 0 Å². The number of aromatic amines is 2. The molecule has 5 heteroatoms. The SMILES string of the molecule is S=c1[nH]c2nccnc2[nH]1. The Morgan fingerprint density at radius 3 is 2.10 bits per heavy atom. The highest BCUT2D eigenvalue weighted by atomic mass is 32.1. The summed E-state index contributed by atoms with van der Waals surface area (Å²) >= 11 is 4.82. The van der Waals surface area contributed by atoms with E-state index in [1.54, 1.807) is 12.4 Å². The first kappa shape index (κ1) is 5.55. The van der Waals surface area contributed by atoms with Crippen LogP contribution in [0.25, 0.3) is 11.3 Å². The molecule has 0 atom stereocenters. The number of hydrogen-bond donors (Lipinski definition) is 2. The van der Waals surface area contributed by atoms with Crippen LogP contribution < -0.4 is 0 Å². The Morgan fingerprint density at radius 2 is 1.60 bits per heavy atom. The minimum absolute atomic E-state index is 0.557. The molecule has 0 aromatic carbocycles. The fraction of sp³-hybridized carbons (Fsp3) is 0. The van der Waals surface area contributed by atoms with Crippen LogP contribution in [-0.4, -0.2) is 19.9 Å². The molecule has 10 heavy (non-hydrogen) atoms. The van der Waals surface area contributed by atoms with Crippen molar-refractivity contribution in [2.45, 2.75) is 0 Å². The lowest BCUT2D eigenvalue weighted by atomic mass is 10.7. The van der Waals surface area contributed by atoms with Crippen LogP contribution in [-0.2, 0) is 0 Å². The van der Waals surface area contributed by atoms with Gasteiger partial charge in [0.25, 0.3) is 0 Å². The average Bonchev–Trinajstić information content (AvgIpc) is 2.27. The van der Waals surface area contributed by atoms with Crippen molar-refractivity contribution in [2.75, 3.05) is 0 Å². The smallest absolute Gasteiger partial charge is 0.177 e. The van der Waals surface area contributed by atoms with Crippen molar-refractivity contribution in [3.05, 3.63) is 17.2 Å². The second-order valence-electron chi connectivity index (χ2n) is 1.83. The highest BCUT2D eigenvalue weighted by Crippen LogP contribution is 1.99. The van der Waals surface area contributed by atoms with Crippen molar-refractivity contribution >= 4 is 23.5 Å². The molecular weight excluding hydrogens is 148 g/mol. The fourth-order valence-electron chi connectivity index (χ4n) is 0.767. The number of rotatable bonds is 0. The molecule has 0 unspecified atom stereocenters. The van der Waals surface area contributed by atoms with Crippen LogP contribution in [0.2, 0.25) is 0 Å². The van der Waals surface area contributed by atoms with Gasteiger partial charge in [0, 0.05) is 12.4 Å². The van der Waals surface area contributed by atoms with Gasteiger partial charge in [0.15, 0.2) is 16.1 Å². The lowest BCUT2D eigenvalue weighted by molar-refractivity contribution is 1.26. The molecular formula is C5H4N4S. The summed E-state index contributed by atoms with van der Waals surface area (Å²) in [5.74, 6) is 0. The molecule has 2 aromatic rings. The van der Waals surface area contributed by atoms with E-state index in [9.17, 15) is 0 Å². The first-order valence-corrected chi connectivity index (χ1v) is 3.16. The van der Waals surface area contributed by atoms with Crippen LogP contribution in [0, 0.1) is 4.77 Å². The molecule has 0 fully saturated rings. The normalized spacial score (nSPS) is 10.4. The molecule has 4 nitrogen and oxygen atoms in total. The van der Waals surface area contributed by atoms with Crippen LogP contribution in [0.15, 0.2) is 12.4 Å². The molecule has 0 aliphatic heterocycles. The van der Waals surface area contributed by atoms with E-state index in [-0.39, 0.29) is 0 Å². The van der Waals surface area contributed by atoms with Gasteiger partial charge in [-0.1, -0.05) is 0 Å². The number of hydrogen-bond acceptors (Lipinski definition) is 3. The van der Waals surface area contributed by atoms with Crippen molar-refractivity contribution in [1.29, 1.82) is 0 Å². The van der Waals surface area contributed by atoms with E-state index in [0.29, 0.717) is 16.1 Å². The van der Waals surface area contributed by atoms with E-state index < -0.39 is 0 Å². The third-order valence-corrected chi connectivity index (χ3v) is 1.37. The molecule has 0 radical (unpaired) electrons. The number of fused-ring (bicyclic) bond motifs is 1. The summed E-state index contributed by atoms with van der Waals surface area (Å²) in [6.07, 6.45) is 3.23. The minimum Gasteiger partial charge on any atom is -0.314 e. The predicted octanol–water partition coefficient (Wildman–Crippen LogP) is 1.02. The molecule has 0 aliphatic rings. The maximum Gasteiger partial charge on any atom is 0.177 e. The fourth-order valence-corrected chi connectivity index (χ4v) is 0.961. The number of imidazole rings is 1. The standard InChI is InChI=1S/C5H4N4S/c10-5-8-3-4(9-5)7-2-1-6-3/h1-2H,(H2,6,7,8,9,10). The second-order valence-corrected chi connectivity index (χ2v) is 2.24. The van der Waals surface area contributed by atoms with Crippen molar-refractivity contribution in [2.24, 2.45) is 0 Å². The Labute approximate surface area is 61.3 Å².